The summed E-state index contributed by atoms with van der Waals surface area (Å²) in [5, 5.41) is 2.61. The number of hydrogen-bond donors (Lipinski definition) is 1. The van der Waals surface area contributed by atoms with E-state index >= 15 is 0 Å². The molecule has 0 bridgehead atoms. The molecule has 14 heavy (non-hydrogen) atoms. The Morgan fingerprint density at radius 3 is 3.00 bits per heavy atom. The summed E-state index contributed by atoms with van der Waals surface area (Å²) < 4.78 is 12.7. The van der Waals surface area contributed by atoms with Crippen molar-refractivity contribution in [1.82, 2.24) is 5.32 Å². The van der Waals surface area contributed by atoms with Crippen molar-refractivity contribution in [2.45, 2.75) is 6.92 Å². The third-order valence-electron chi connectivity index (χ3n) is 1.63. The molecule has 0 heterocycles. The molecule has 1 N–H and O–H groups in total. The summed E-state index contributed by atoms with van der Waals surface area (Å²) in [4.78, 5) is 11.0. The summed E-state index contributed by atoms with van der Waals surface area (Å²) in [6, 6.07) is 6.07. The predicted molar refractivity (Wildman–Crippen MR) is 54.1 cm³/mol. The standard InChI is InChI=1S/C11H12FNO/c1-2-13-11(14)7-6-9-4-3-5-10(12)8-9/h3-8H,2H2,1H3,(H,13,14). The van der Waals surface area contributed by atoms with Crippen molar-refractivity contribution in [2.24, 2.45) is 0 Å². The monoisotopic (exact) mass is 193 g/mol. The number of benzene rings is 1. The highest BCUT2D eigenvalue weighted by atomic mass is 19.1. The van der Waals surface area contributed by atoms with Gasteiger partial charge in [0.2, 0.25) is 5.91 Å². The topological polar surface area (TPSA) is 29.1 Å². The van der Waals surface area contributed by atoms with Crippen LogP contribution in [-0.2, 0) is 4.79 Å². The fourth-order valence-corrected chi connectivity index (χ4v) is 1.02. The summed E-state index contributed by atoms with van der Waals surface area (Å²) in [5.41, 5.74) is 0.677. The molecule has 0 atom stereocenters. The van der Waals surface area contributed by atoms with Crippen molar-refractivity contribution in [1.29, 1.82) is 0 Å². The maximum Gasteiger partial charge on any atom is 0.243 e. The van der Waals surface area contributed by atoms with Crippen molar-refractivity contribution in [3.8, 4) is 0 Å². The summed E-state index contributed by atoms with van der Waals surface area (Å²) in [5.74, 6) is -0.472. The van der Waals surface area contributed by atoms with Crippen LogP contribution in [-0.4, -0.2) is 12.5 Å². The second-order valence-electron chi connectivity index (χ2n) is 2.78. The van der Waals surface area contributed by atoms with E-state index in [0.29, 0.717) is 12.1 Å². The number of carbonyl (C=O) groups is 1. The lowest BCUT2D eigenvalue weighted by atomic mass is 10.2. The van der Waals surface area contributed by atoms with Crippen LogP contribution in [0.4, 0.5) is 4.39 Å². The Morgan fingerprint density at radius 2 is 2.36 bits per heavy atom. The van der Waals surface area contributed by atoms with E-state index in [2.05, 4.69) is 5.32 Å². The third-order valence-corrected chi connectivity index (χ3v) is 1.63. The Hall–Kier alpha value is -1.64. The van der Waals surface area contributed by atoms with Gasteiger partial charge in [-0.25, -0.2) is 4.39 Å². The molecule has 0 aliphatic heterocycles. The maximum atomic E-state index is 12.7. The van der Waals surface area contributed by atoms with Crippen molar-refractivity contribution >= 4 is 12.0 Å². The third kappa shape index (κ3) is 3.39. The number of amides is 1. The molecule has 1 aromatic carbocycles. The Bertz CT molecular complexity index is 347. The molecule has 0 saturated heterocycles. The smallest absolute Gasteiger partial charge is 0.243 e. The van der Waals surface area contributed by atoms with E-state index < -0.39 is 0 Å². The minimum absolute atomic E-state index is 0.170. The molecule has 0 saturated carbocycles. The Balaban J connectivity index is 2.64. The molecule has 1 amide bonds. The SMILES string of the molecule is CCNC(=O)C=Cc1cccc(F)c1. The Morgan fingerprint density at radius 1 is 1.57 bits per heavy atom. The first-order valence-corrected chi connectivity index (χ1v) is 4.44. The van der Waals surface area contributed by atoms with Crippen molar-refractivity contribution in [2.75, 3.05) is 6.54 Å². The van der Waals surface area contributed by atoms with Gasteiger partial charge in [-0.15, -0.1) is 0 Å². The normalized spacial score (nSPS) is 10.4. The molecule has 0 radical (unpaired) electrons. The van der Waals surface area contributed by atoms with E-state index in [4.69, 9.17) is 0 Å². The molecule has 0 fully saturated rings. The summed E-state index contributed by atoms with van der Waals surface area (Å²) in [6.07, 6.45) is 2.96. The van der Waals surface area contributed by atoms with Gasteiger partial charge >= 0.3 is 0 Å². The van der Waals surface area contributed by atoms with Gasteiger partial charge in [0.25, 0.3) is 0 Å². The lowest BCUT2D eigenvalue weighted by Gasteiger charge is -1.95. The number of halogens is 1. The van der Waals surface area contributed by atoms with Gasteiger partial charge in [-0.1, -0.05) is 12.1 Å². The summed E-state index contributed by atoms with van der Waals surface area (Å²) >= 11 is 0. The van der Waals surface area contributed by atoms with Gasteiger partial charge in [0.15, 0.2) is 0 Å². The van der Waals surface area contributed by atoms with Crippen molar-refractivity contribution < 1.29 is 9.18 Å². The molecule has 0 aliphatic rings. The highest BCUT2D eigenvalue weighted by Crippen LogP contribution is 2.04. The van der Waals surface area contributed by atoms with Crippen molar-refractivity contribution in [3.63, 3.8) is 0 Å². The van der Waals surface area contributed by atoms with Crippen LogP contribution < -0.4 is 5.32 Å². The zero-order valence-corrected chi connectivity index (χ0v) is 7.96. The Kier molecular flexibility index (Phi) is 3.85. The Labute approximate surface area is 82.4 Å². The second-order valence-corrected chi connectivity index (χ2v) is 2.78. The van der Waals surface area contributed by atoms with Gasteiger partial charge in [-0.05, 0) is 30.7 Å². The number of rotatable bonds is 3. The second kappa shape index (κ2) is 5.17. The van der Waals surface area contributed by atoms with Crippen LogP contribution in [0.3, 0.4) is 0 Å². The van der Waals surface area contributed by atoms with Gasteiger partial charge in [0.05, 0.1) is 0 Å². The van der Waals surface area contributed by atoms with E-state index in [0.717, 1.165) is 0 Å². The molecule has 1 rings (SSSR count). The zero-order valence-electron chi connectivity index (χ0n) is 7.96. The van der Waals surface area contributed by atoms with Crippen LogP contribution in [0.15, 0.2) is 30.3 Å². The molecule has 0 spiro atoms. The number of hydrogen-bond acceptors (Lipinski definition) is 1. The van der Waals surface area contributed by atoms with E-state index in [1.54, 1.807) is 18.2 Å². The van der Waals surface area contributed by atoms with Crippen molar-refractivity contribution in [3.05, 3.63) is 41.7 Å². The summed E-state index contributed by atoms with van der Waals surface area (Å²) in [7, 11) is 0. The van der Waals surface area contributed by atoms with Crippen LogP contribution in [0, 0.1) is 5.82 Å². The lowest BCUT2D eigenvalue weighted by molar-refractivity contribution is -0.116. The molecule has 3 heteroatoms. The number of nitrogens with one attached hydrogen (secondary N) is 1. The number of likely N-dealkylation sites (N-methyl/N-ethyl adjacent to an activating group) is 1. The first-order chi connectivity index (χ1) is 6.72. The van der Waals surface area contributed by atoms with Crippen LogP contribution >= 0.6 is 0 Å². The highest BCUT2D eigenvalue weighted by Gasteiger charge is 1.93. The minimum Gasteiger partial charge on any atom is -0.353 e. The fourth-order valence-electron chi connectivity index (χ4n) is 1.02. The van der Waals surface area contributed by atoms with E-state index in [-0.39, 0.29) is 11.7 Å². The molecule has 74 valence electrons. The largest absolute Gasteiger partial charge is 0.353 e. The van der Waals surface area contributed by atoms with Gasteiger partial charge < -0.3 is 5.32 Å². The first-order valence-electron chi connectivity index (χ1n) is 4.44. The molecular weight excluding hydrogens is 181 g/mol. The van der Waals surface area contributed by atoms with E-state index in [9.17, 15) is 9.18 Å². The lowest BCUT2D eigenvalue weighted by Crippen LogP contribution is -2.19. The van der Waals surface area contributed by atoms with E-state index in [1.165, 1.54) is 18.2 Å². The van der Waals surface area contributed by atoms with Crippen LogP contribution in [0.25, 0.3) is 6.08 Å². The predicted octanol–water partition coefficient (Wildman–Crippen LogP) is 1.98. The molecular formula is C11H12FNO. The molecule has 0 unspecified atom stereocenters. The average molecular weight is 193 g/mol. The van der Waals surface area contributed by atoms with Gasteiger partial charge in [0.1, 0.15) is 5.82 Å². The van der Waals surface area contributed by atoms with Gasteiger partial charge in [-0.3, -0.25) is 4.79 Å². The molecule has 0 aromatic heterocycles. The molecule has 2 nitrogen and oxygen atoms in total. The number of carbonyl (C=O) groups excluding carboxylic acids is 1. The molecule has 1 aromatic rings. The van der Waals surface area contributed by atoms with Gasteiger partial charge in [0, 0.05) is 12.6 Å². The van der Waals surface area contributed by atoms with Crippen LogP contribution in [0.5, 0.6) is 0 Å². The summed E-state index contributed by atoms with van der Waals surface area (Å²) in [6.45, 7) is 2.43. The molecule has 0 aliphatic carbocycles. The minimum atomic E-state index is -0.303. The van der Waals surface area contributed by atoms with Crippen LogP contribution in [0.2, 0.25) is 0 Å². The first kappa shape index (κ1) is 10.4. The quantitative estimate of drug-likeness (QED) is 0.730. The highest BCUT2D eigenvalue weighted by molar-refractivity contribution is 5.91. The van der Waals surface area contributed by atoms with Gasteiger partial charge in [-0.2, -0.15) is 0 Å². The van der Waals surface area contributed by atoms with Crippen LogP contribution in [0.1, 0.15) is 12.5 Å². The zero-order chi connectivity index (χ0) is 10.4. The maximum absolute atomic E-state index is 12.7. The fraction of sp³-hybridized carbons (Fsp3) is 0.182. The average Bonchev–Trinajstić information content (AvgIpc) is 2.15. The van der Waals surface area contributed by atoms with E-state index in [1.807, 2.05) is 6.92 Å².